The van der Waals surface area contributed by atoms with Gasteiger partial charge >= 0.3 is 6.09 Å². The Labute approximate surface area is 189 Å². The third-order valence-corrected chi connectivity index (χ3v) is 5.94. The average Bonchev–Trinajstić information content (AvgIpc) is 2.77. The van der Waals surface area contributed by atoms with Gasteiger partial charge in [0.2, 0.25) is 0 Å². The van der Waals surface area contributed by atoms with Gasteiger partial charge in [-0.2, -0.15) is 0 Å². The van der Waals surface area contributed by atoms with Crippen LogP contribution in [-0.2, 0) is 17.8 Å². The van der Waals surface area contributed by atoms with Crippen LogP contribution in [0.2, 0.25) is 5.02 Å². The van der Waals surface area contributed by atoms with Gasteiger partial charge in [0, 0.05) is 9.50 Å². The van der Waals surface area contributed by atoms with Crippen molar-refractivity contribution in [2.24, 2.45) is 0 Å². The van der Waals surface area contributed by atoms with E-state index >= 15 is 0 Å². The summed E-state index contributed by atoms with van der Waals surface area (Å²) in [5.41, 5.74) is 3.74. The van der Waals surface area contributed by atoms with E-state index in [4.69, 9.17) is 21.1 Å². The number of carbonyl (C=O) groups is 1. The Balaban J connectivity index is 1.72. The van der Waals surface area contributed by atoms with Crippen LogP contribution >= 0.6 is 27.5 Å². The number of carbonyl (C=O) groups excluding carboxylic acids is 1. The minimum Gasteiger partial charge on any atom is -0.495 e. The molecule has 0 spiro atoms. The van der Waals surface area contributed by atoms with Crippen LogP contribution in [0.3, 0.4) is 0 Å². The molecule has 1 atom stereocenters. The van der Waals surface area contributed by atoms with Crippen molar-refractivity contribution in [3.63, 3.8) is 0 Å². The molecule has 0 radical (unpaired) electrons. The molecule has 154 valence electrons. The summed E-state index contributed by atoms with van der Waals surface area (Å²) in [6, 6.07) is 21.0. The van der Waals surface area contributed by atoms with E-state index < -0.39 is 6.09 Å². The summed E-state index contributed by atoms with van der Waals surface area (Å²) in [7, 11) is 1.61. The van der Waals surface area contributed by atoms with Crippen molar-refractivity contribution < 1.29 is 14.3 Å². The van der Waals surface area contributed by atoms with Crippen LogP contribution in [-0.4, -0.2) is 13.2 Å². The highest BCUT2D eigenvalue weighted by molar-refractivity contribution is 9.10. The summed E-state index contributed by atoms with van der Waals surface area (Å²) < 4.78 is 12.3. The Morgan fingerprint density at radius 3 is 2.57 bits per heavy atom. The van der Waals surface area contributed by atoms with Crippen LogP contribution in [0.1, 0.15) is 29.2 Å². The first-order chi connectivity index (χ1) is 14.6. The zero-order valence-electron chi connectivity index (χ0n) is 16.5. The molecule has 0 fully saturated rings. The van der Waals surface area contributed by atoms with Crippen molar-refractivity contribution in [3.8, 4) is 5.75 Å². The standard InChI is InChI=1S/C24H21BrClNO3/c1-29-22-14-19(25)13-18-9-12-21(17-7-10-20(26)11-8-17)27(23(18)22)24(28)30-15-16-5-3-2-4-6-16/h2-8,10-11,13-14,21H,9,12,15H2,1H3. The highest BCUT2D eigenvalue weighted by atomic mass is 79.9. The first-order valence-corrected chi connectivity index (χ1v) is 10.9. The predicted molar refractivity (Wildman–Crippen MR) is 122 cm³/mol. The van der Waals surface area contributed by atoms with Crippen LogP contribution in [0.4, 0.5) is 10.5 Å². The maximum Gasteiger partial charge on any atom is 0.415 e. The van der Waals surface area contributed by atoms with Crippen molar-refractivity contribution in [1.82, 2.24) is 0 Å². The second-order valence-corrected chi connectivity index (χ2v) is 8.48. The predicted octanol–water partition coefficient (Wildman–Crippen LogP) is 6.94. The van der Waals surface area contributed by atoms with Crippen molar-refractivity contribution >= 4 is 39.3 Å². The first kappa shape index (κ1) is 20.8. The minimum atomic E-state index is -0.402. The lowest BCUT2D eigenvalue weighted by molar-refractivity contribution is 0.143. The van der Waals surface area contributed by atoms with Gasteiger partial charge in [0.1, 0.15) is 12.4 Å². The fourth-order valence-electron chi connectivity index (χ4n) is 3.83. The molecule has 3 aromatic carbocycles. The fourth-order valence-corrected chi connectivity index (χ4v) is 4.44. The lowest BCUT2D eigenvalue weighted by Gasteiger charge is -2.37. The molecule has 4 rings (SSSR count). The number of hydrogen-bond acceptors (Lipinski definition) is 3. The van der Waals surface area contributed by atoms with E-state index in [0.29, 0.717) is 10.8 Å². The molecule has 1 aliphatic rings. The second kappa shape index (κ2) is 9.11. The molecule has 30 heavy (non-hydrogen) atoms. The molecule has 0 saturated heterocycles. The van der Waals surface area contributed by atoms with Gasteiger partial charge < -0.3 is 9.47 Å². The molecule has 0 saturated carbocycles. The van der Waals surface area contributed by atoms with Crippen LogP contribution in [0, 0.1) is 0 Å². The van der Waals surface area contributed by atoms with Gasteiger partial charge in [0.25, 0.3) is 0 Å². The number of rotatable bonds is 4. The molecule has 0 bridgehead atoms. The zero-order valence-corrected chi connectivity index (χ0v) is 18.8. The van der Waals surface area contributed by atoms with Crippen molar-refractivity contribution in [3.05, 3.63) is 92.9 Å². The summed E-state index contributed by atoms with van der Waals surface area (Å²) >= 11 is 9.62. The number of amides is 1. The average molecular weight is 487 g/mol. The minimum absolute atomic E-state index is 0.173. The molecule has 1 heterocycles. The number of methoxy groups -OCH3 is 1. The van der Waals surface area contributed by atoms with Crippen molar-refractivity contribution in [1.29, 1.82) is 0 Å². The molecule has 1 unspecified atom stereocenters. The summed E-state index contributed by atoms with van der Waals surface area (Å²) in [5, 5.41) is 0.662. The molecule has 4 nitrogen and oxygen atoms in total. The molecule has 0 aromatic heterocycles. The lowest BCUT2D eigenvalue weighted by atomic mass is 9.91. The highest BCUT2D eigenvalue weighted by Crippen LogP contribution is 2.45. The molecular weight excluding hydrogens is 466 g/mol. The Hall–Kier alpha value is -2.50. The van der Waals surface area contributed by atoms with E-state index in [1.54, 1.807) is 12.0 Å². The molecule has 1 amide bonds. The van der Waals surface area contributed by atoms with Crippen LogP contribution < -0.4 is 9.64 Å². The molecule has 3 aromatic rings. The largest absolute Gasteiger partial charge is 0.495 e. The van der Waals surface area contributed by atoms with Crippen molar-refractivity contribution in [2.75, 3.05) is 12.0 Å². The van der Waals surface area contributed by atoms with E-state index in [1.807, 2.05) is 66.7 Å². The van der Waals surface area contributed by atoms with Gasteiger partial charge in [0.15, 0.2) is 0 Å². The molecule has 1 aliphatic heterocycles. The fraction of sp³-hybridized carbons (Fsp3) is 0.208. The third-order valence-electron chi connectivity index (χ3n) is 5.23. The number of halogens is 2. The number of nitrogens with zero attached hydrogens (tertiary/aromatic N) is 1. The summed E-state index contributed by atoms with van der Waals surface area (Å²) in [6.07, 6.45) is 1.19. The van der Waals surface area contributed by atoms with E-state index in [9.17, 15) is 4.79 Å². The Morgan fingerprint density at radius 1 is 1.13 bits per heavy atom. The highest BCUT2D eigenvalue weighted by Gasteiger charge is 2.36. The van der Waals surface area contributed by atoms with E-state index in [-0.39, 0.29) is 12.6 Å². The summed E-state index contributed by atoms with van der Waals surface area (Å²) in [4.78, 5) is 15.1. The molecule has 0 N–H and O–H groups in total. The second-order valence-electron chi connectivity index (χ2n) is 7.13. The number of hydrogen-bond donors (Lipinski definition) is 0. The van der Waals surface area contributed by atoms with Crippen LogP contribution in [0.5, 0.6) is 5.75 Å². The Kier molecular flexibility index (Phi) is 6.30. The Bertz CT molecular complexity index is 1020. The van der Waals surface area contributed by atoms with E-state index in [2.05, 4.69) is 15.9 Å². The quantitative estimate of drug-likeness (QED) is 0.401. The van der Waals surface area contributed by atoms with E-state index in [0.717, 1.165) is 39.7 Å². The van der Waals surface area contributed by atoms with Gasteiger partial charge in [-0.25, -0.2) is 4.79 Å². The van der Waals surface area contributed by atoms with Crippen molar-refractivity contribution in [2.45, 2.75) is 25.5 Å². The molecular formula is C24H21BrClNO3. The van der Waals surface area contributed by atoms with Gasteiger partial charge in [0.05, 0.1) is 18.8 Å². The monoisotopic (exact) mass is 485 g/mol. The smallest absolute Gasteiger partial charge is 0.415 e. The number of anilines is 1. The maximum atomic E-state index is 13.3. The number of aryl methyl sites for hydroxylation is 1. The third kappa shape index (κ3) is 4.32. The lowest BCUT2D eigenvalue weighted by Crippen LogP contribution is -2.39. The Morgan fingerprint density at radius 2 is 1.87 bits per heavy atom. The van der Waals surface area contributed by atoms with Gasteiger partial charge in [-0.05, 0) is 53.8 Å². The normalized spacial score (nSPS) is 15.4. The van der Waals surface area contributed by atoms with Crippen LogP contribution in [0.15, 0.2) is 71.2 Å². The van der Waals surface area contributed by atoms with Gasteiger partial charge in [-0.15, -0.1) is 0 Å². The topological polar surface area (TPSA) is 38.8 Å². The van der Waals surface area contributed by atoms with Gasteiger partial charge in [-0.1, -0.05) is 70.0 Å². The first-order valence-electron chi connectivity index (χ1n) is 9.68. The summed E-state index contributed by atoms with van der Waals surface area (Å²) in [6.45, 7) is 0.206. The van der Waals surface area contributed by atoms with Gasteiger partial charge in [-0.3, -0.25) is 4.90 Å². The molecule has 0 aliphatic carbocycles. The summed E-state index contributed by atoms with van der Waals surface area (Å²) in [5.74, 6) is 0.634. The molecule has 6 heteroatoms. The number of ether oxygens (including phenoxy) is 2. The zero-order chi connectivity index (χ0) is 21.1. The number of benzene rings is 3. The maximum absolute atomic E-state index is 13.3. The van der Waals surface area contributed by atoms with E-state index in [1.165, 1.54) is 0 Å². The SMILES string of the molecule is COc1cc(Br)cc2c1N(C(=O)OCc1ccccc1)C(c1ccc(Cl)cc1)CC2. The number of fused-ring (bicyclic) bond motifs is 1. The van der Waals surface area contributed by atoms with Crippen LogP contribution in [0.25, 0.3) is 0 Å².